The van der Waals surface area contributed by atoms with Crippen LogP contribution in [-0.2, 0) is 20.9 Å². The molecule has 40 heavy (non-hydrogen) atoms. The fourth-order valence-electron chi connectivity index (χ4n) is 6.15. The second kappa shape index (κ2) is 11.4. The third kappa shape index (κ3) is 5.62. The molecule has 1 N–H and O–H groups in total. The molecule has 7 nitrogen and oxygen atoms in total. The number of carbonyl (C=O) groups is 3. The fraction of sp³-hybridized carbons (Fsp3) is 0.344. The van der Waals surface area contributed by atoms with Crippen LogP contribution in [-0.4, -0.2) is 71.2 Å². The first-order chi connectivity index (χ1) is 19.4. The Hall–Kier alpha value is -3.68. The second-order valence-electron chi connectivity index (χ2n) is 11.0. The number of halogens is 1. The van der Waals surface area contributed by atoms with Crippen molar-refractivity contribution in [2.45, 2.75) is 38.3 Å². The summed E-state index contributed by atoms with van der Waals surface area (Å²) in [6, 6.07) is 16.1. The third-order valence-electron chi connectivity index (χ3n) is 8.24. The highest BCUT2D eigenvalue weighted by Gasteiger charge is 2.40. The Morgan fingerprint density at radius 1 is 0.950 bits per heavy atom. The largest absolute Gasteiger partial charge is 0.376 e. The molecule has 3 heterocycles. The molecule has 8 heteroatoms. The van der Waals surface area contributed by atoms with Crippen molar-refractivity contribution in [3.05, 3.63) is 94.2 Å². The normalized spacial score (nSPS) is 23.1. The molecule has 2 fully saturated rings. The van der Waals surface area contributed by atoms with Crippen molar-refractivity contribution >= 4 is 29.3 Å². The van der Waals surface area contributed by atoms with E-state index in [4.69, 9.17) is 11.6 Å². The van der Waals surface area contributed by atoms with Gasteiger partial charge in [-0.3, -0.25) is 24.6 Å². The first-order valence-electron chi connectivity index (χ1n) is 14.0. The van der Waals surface area contributed by atoms with Crippen molar-refractivity contribution in [1.29, 1.82) is 0 Å². The van der Waals surface area contributed by atoms with Gasteiger partial charge in [0.05, 0.1) is 0 Å². The SMILES string of the molecule is O=C1CCC(N2CC3=C(C=CC(=CN4CCCN(Cc5ccccc5-c5ccc(Cl)cc5)CC4)C3)C2=O)C(=O)N1. The molecular formula is C32H33ClN4O3. The highest BCUT2D eigenvalue weighted by atomic mass is 35.5. The van der Waals surface area contributed by atoms with Crippen LogP contribution in [0.4, 0.5) is 0 Å². The summed E-state index contributed by atoms with van der Waals surface area (Å²) in [5.41, 5.74) is 6.68. The zero-order valence-corrected chi connectivity index (χ0v) is 23.2. The van der Waals surface area contributed by atoms with Gasteiger partial charge in [-0.05, 0) is 65.3 Å². The van der Waals surface area contributed by atoms with Gasteiger partial charge >= 0.3 is 0 Å². The zero-order chi connectivity index (χ0) is 27.6. The summed E-state index contributed by atoms with van der Waals surface area (Å²) in [6.45, 7) is 5.28. The maximum absolute atomic E-state index is 13.0. The molecule has 1 unspecified atom stereocenters. The van der Waals surface area contributed by atoms with Crippen LogP contribution >= 0.6 is 11.6 Å². The molecule has 1 atom stereocenters. The van der Waals surface area contributed by atoms with Gasteiger partial charge in [-0.15, -0.1) is 0 Å². The number of rotatable bonds is 5. The predicted octanol–water partition coefficient (Wildman–Crippen LogP) is 4.30. The molecule has 0 bridgehead atoms. The van der Waals surface area contributed by atoms with Gasteiger partial charge < -0.3 is 9.80 Å². The first-order valence-corrected chi connectivity index (χ1v) is 14.4. The summed E-state index contributed by atoms with van der Waals surface area (Å²) in [5, 5.41) is 3.12. The fourth-order valence-corrected chi connectivity index (χ4v) is 6.27. The molecule has 3 amide bonds. The Kier molecular flexibility index (Phi) is 7.59. The average molecular weight is 557 g/mol. The first kappa shape index (κ1) is 26.5. The molecule has 2 aromatic carbocycles. The molecule has 3 aliphatic heterocycles. The van der Waals surface area contributed by atoms with E-state index in [1.54, 1.807) is 4.90 Å². The Balaban J connectivity index is 1.07. The van der Waals surface area contributed by atoms with Crippen molar-refractivity contribution in [3.8, 4) is 11.1 Å². The second-order valence-corrected chi connectivity index (χ2v) is 11.4. The van der Waals surface area contributed by atoms with E-state index in [-0.39, 0.29) is 24.1 Å². The topological polar surface area (TPSA) is 73.0 Å². The van der Waals surface area contributed by atoms with Gasteiger partial charge in [0.15, 0.2) is 0 Å². The molecule has 0 radical (unpaired) electrons. The molecule has 4 aliphatic rings. The number of amides is 3. The smallest absolute Gasteiger partial charge is 0.254 e. The van der Waals surface area contributed by atoms with Crippen molar-refractivity contribution in [3.63, 3.8) is 0 Å². The van der Waals surface area contributed by atoms with E-state index in [1.165, 1.54) is 22.3 Å². The number of hydrogen-bond acceptors (Lipinski definition) is 5. The highest BCUT2D eigenvalue weighted by molar-refractivity contribution is 6.30. The van der Waals surface area contributed by atoms with Gasteiger partial charge in [-0.25, -0.2) is 0 Å². The van der Waals surface area contributed by atoms with Gasteiger partial charge in [0, 0.05) is 62.5 Å². The van der Waals surface area contributed by atoms with Crippen LogP contribution in [0, 0.1) is 0 Å². The molecule has 2 aromatic rings. The summed E-state index contributed by atoms with van der Waals surface area (Å²) in [5.74, 6) is -0.740. The number of carbonyl (C=O) groups excluding carboxylic acids is 3. The van der Waals surface area contributed by atoms with Crippen molar-refractivity contribution in [1.82, 2.24) is 20.0 Å². The monoisotopic (exact) mass is 556 g/mol. The van der Waals surface area contributed by atoms with Gasteiger partial charge in [0.25, 0.3) is 5.91 Å². The molecule has 0 saturated carbocycles. The maximum Gasteiger partial charge on any atom is 0.254 e. The molecular weight excluding hydrogens is 524 g/mol. The van der Waals surface area contributed by atoms with Crippen molar-refractivity contribution < 1.29 is 14.4 Å². The van der Waals surface area contributed by atoms with Gasteiger partial charge in [0.2, 0.25) is 11.8 Å². The van der Waals surface area contributed by atoms with Crippen LogP contribution in [0.2, 0.25) is 5.02 Å². The quantitative estimate of drug-likeness (QED) is 0.556. The molecule has 2 saturated heterocycles. The van der Waals surface area contributed by atoms with Crippen LogP contribution in [0.1, 0.15) is 31.2 Å². The summed E-state index contributed by atoms with van der Waals surface area (Å²) in [6.07, 6.45) is 8.61. The summed E-state index contributed by atoms with van der Waals surface area (Å²) >= 11 is 6.11. The van der Waals surface area contributed by atoms with Crippen molar-refractivity contribution in [2.75, 3.05) is 32.7 Å². The van der Waals surface area contributed by atoms with E-state index in [2.05, 4.69) is 57.7 Å². The number of nitrogens with one attached hydrogen (secondary N) is 1. The van der Waals surface area contributed by atoms with Crippen LogP contribution in [0.15, 0.2) is 83.6 Å². The molecule has 6 rings (SSSR count). The molecule has 1 aliphatic carbocycles. The summed E-state index contributed by atoms with van der Waals surface area (Å²) in [7, 11) is 0. The summed E-state index contributed by atoms with van der Waals surface area (Å²) in [4.78, 5) is 43.5. The van der Waals surface area contributed by atoms with Crippen molar-refractivity contribution in [2.24, 2.45) is 0 Å². The Labute approximate surface area is 239 Å². The van der Waals surface area contributed by atoms with Crippen LogP contribution < -0.4 is 5.32 Å². The van der Waals surface area contributed by atoms with E-state index < -0.39 is 6.04 Å². The standard InChI is InChI=1S/C32H33ClN4O3/c33-26-9-7-23(8-10-26)27-5-2-1-4-24(27)20-36-15-3-14-35(16-17-36)19-22-6-11-28-25(18-22)21-37(32(28)40)29-12-13-30(38)34-31(29)39/h1-2,4-11,19,29H,3,12-18,20-21H2,(H,34,38,39). The number of hydrogen-bond donors (Lipinski definition) is 1. The maximum atomic E-state index is 13.0. The van der Waals surface area contributed by atoms with E-state index in [0.29, 0.717) is 25.0 Å². The number of imide groups is 1. The number of piperidine rings is 1. The Morgan fingerprint density at radius 3 is 2.60 bits per heavy atom. The van der Waals surface area contributed by atoms with Gasteiger partial charge in [-0.1, -0.05) is 54.1 Å². The minimum Gasteiger partial charge on any atom is -0.376 e. The lowest BCUT2D eigenvalue weighted by Crippen LogP contribution is -2.53. The summed E-state index contributed by atoms with van der Waals surface area (Å²) < 4.78 is 0. The minimum absolute atomic E-state index is 0.107. The Morgan fingerprint density at radius 2 is 1.77 bits per heavy atom. The molecule has 0 aromatic heterocycles. The van der Waals surface area contributed by atoms with Gasteiger partial charge in [-0.2, -0.15) is 0 Å². The van der Waals surface area contributed by atoms with E-state index >= 15 is 0 Å². The number of benzene rings is 2. The minimum atomic E-state index is -0.571. The zero-order valence-electron chi connectivity index (χ0n) is 22.4. The van der Waals surface area contributed by atoms with E-state index in [0.717, 1.165) is 49.7 Å². The van der Waals surface area contributed by atoms with Gasteiger partial charge in [0.1, 0.15) is 6.04 Å². The lowest BCUT2D eigenvalue weighted by atomic mass is 9.96. The van der Waals surface area contributed by atoms with E-state index in [1.807, 2.05) is 24.3 Å². The number of nitrogens with zero attached hydrogens (tertiary/aromatic N) is 3. The average Bonchev–Trinajstić information content (AvgIpc) is 3.11. The van der Waals surface area contributed by atoms with Crippen LogP contribution in [0.3, 0.4) is 0 Å². The van der Waals surface area contributed by atoms with Crippen LogP contribution in [0.5, 0.6) is 0 Å². The molecule has 0 spiro atoms. The lowest BCUT2D eigenvalue weighted by molar-refractivity contribution is -0.142. The van der Waals surface area contributed by atoms with Crippen LogP contribution in [0.25, 0.3) is 11.1 Å². The Bertz CT molecular complexity index is 1430. The van der Waals surface area contributed by atoms with E-state index in [9.17, 15) is 14.4 Å². The number of allylic oxidation sites excluding steroid dienone is 2. The predicted molar refractivity (Wildman–Crippen MR) is 155 cm³/mol. The highest BCUT2D eigenvalue weighted by Crippen LogP contribution is 2.33. The molecule has 206 valence electrons. The lowest BCUT2D eigenvalue weighted by Gasteiger charge is -2.29. The third-order valence-corrected chi connectivity index (χ3v) is 8.49.